The zero-order valence-electron chi connectivity index (χ0n) is 14.3. The molecule has 1 aromatic carbocycles. The fourth-order valence-corrected chi connectivity index (χ4v) is 3.43. The van der Waals surface area contributed by atoms with Crippen LogP contribution in [0.15, 0.2) is 18.2 Å². The monoisotopic (exact) mass is 289 g/mol. The first-order valence-corrected chi connectivity index (χ1v) is 8.43. The highest BCUT2D eigenvalue weighted by Crippen LogP contribution is 2.35. The maximum absolute atomic E-state index is 5.53. The van der Waals surface area contributed by atoms with Crippen LogP contribution in [-0.2, 0) is 4.74 Å². The van der Waals surface area contributed by atoms with Gasteiger partial charge < -0.3 is 10.1 Å². The van der Waals surface area contributed by atoms with E-state index in [0.29, 0.717) is 23.8 Å². The average molecular weight is 289 g/mol. The summed E-state index contributed by atoms with van der Waals surface area (Å²) >= 11 is 0. The Hall–Kier alpha value is -0.860. The highest BCUT2D eigenvalue weighted by Gasteiger charge is 2.26. The molecule has 0 saturated carbocycles. The van der Waals surface area contributed by atoms with Crippen molar-refractivity contribution >= 4 is 0 Å². The van der Waals surface area contributed by atoms with Gasteiger partial charge in [0.2, 0.25) is 0 Å². The first kappa shape index (κ1) is 16.5. The molecule has 2 heteroatoms. The van der Waals surface area contributed by atoms with Crippen molar-refractivity contribution in [2.75, 3.05) is 20.3 Å². The van der Waals surface area contributed by atoms with E-state index in [1.54, 1.807) is 0 Å². The number of hydrogen-bond acceptors (Lipinski definition) is 2. The van der Waals surface area contributed by atoms with Gasteiger partial charge in [-0.1, -0.05) is 45.9 Å². The maximum Gasteiger partial charge on any atom is 0.0469 e. The Balaban J connectivity index is 2.35. The Morgan fingerprint density at radius 1 is 1.00 bits per heavy atom. The Bertz CT molecular complexity index is 447. The van der Waals surface area contributed by atoms with Crippen LogP contribution in [0.2, 0.25) is 0 Å². The molecule has 0 aromatic heterocycles. The highest BCUT2D eigenvalue weighted by molar-refractivity contribution is 5.38. The summed E-state index contributed by atoms with van der Waals surface area (Å²) < 4.78 is 5.53. The third-order valence-corrected chi connectivity index (χ3v) is 4.78. The minimum absolute atomic E-state index is 0.451. The number of hydrogen-bond donors (Lipinski definition) is 1. The fourth-order valence-electron chi connectivity index (χ4n) is 3.43. The second-order valence-corrected chi connectivity index (χ2v) is 6.91. The molecule has 0 aliphatic carbocycles. The SMILES string of the molecule is CNC(c1ccc(C(C)C)cc1C(C)C)C1CCOCC1. The van der Waals surface area contributed by atoms with Crippen LogP contribution < -0.4 is 5.32 Å². The summed E-state index contributed by atoms with van der Waals surface area (Å²) in [7, 11) is 2.10. The molecule has 1 heterocycles. The average Bonchev–Trinajstić information content (AvgIpc) is 2.49. The molecule has 1 aliphatic rings. The van der Waals surface area contributed by atoms with Crippen LogP contribution in [0.4, 0.5) is 0 Å². The van der Waals surface area contributed by atoms with E-state index in [0.717, 1.165) is 26.1 Å². The molecule has 0 amide bonds. The Morgan fingerprint density at radius 2 is 1.67 bits per heavy atom. The normalized spacial score (nSPS) is 18.4. The molecule has 0 spiro atoms. The largest absolute Gasteiger partial charge is 0.381 e. The van der Waals surface area contributed by atoms with Gasteiger partial charge in [-0.25, -0.2) is 0 Å². The lowest BCUT2D eigenvalue weighted by molar-refractivity contribution is 0.0545. The fraction of sp³-hybridized carbons (Fsp3) is 0.684. The van der Waals surface area contributed by atoms with E-state index < -0.39 is 0 Å². The number of benzene rings is 1. The Kier molecular flexibility index (Phi) is 5.83. The lowest BCUT2D eigenvalue weighted by Crippen LogP contribution is -2.31. The molecule has 118 valence electrons. The molecular formula is C19H31NO. The molecule has 1 fully saturated rings. The zero-order valence-corrected chi connectivity index (χ0v) is 14.3. The summed E-state index contributed by atoms with van der Waals surface area (Å²) in [4.78, 5) is 0. The van der Waals surface area contributed by atoms with Gasteiger partial charge in [0.15, 0.2) is 0 Å². The summed E-state index contributed by atoms with van der Waals surface area (Å²) in [6, 6.07) is 7.55. The quantitative estimate of drug-likeness (QED) is 0.854. The minimum Gasteiger partial charge on any atom is -0.381 e. The highest BCUT2D eigenvalue weighted by atomic mass is 16.5. The lowest BCUT2D eigenvalue weighted by atomic mass is 9.81. The summed E-state index contributed by atoms with van der Waals surface area (Å²) in [5, 5.41) is 3.58. The molecule has 1 unspecified atom stereocenters. The number of rotatable bonds is 5. The summed E-state index contributed by atoms with van der Waals surface area (Å²) in [5.41, 5.74) is 4.44. The second kappa shape index (κ2) is 7.42. The van der Waals surface area contributed by atoms with Crippen molar-refractivity contribution in [2.24, 2.45) is 5.92 Å². The second-order valence-electron chi connectivity index (χ2n) is 6.91. The standard InChI is InChI=1S/C19H31NO/c1-13(2)16-6-7-17(18(12-16)14(3)4)19(20-5)15-8-10-21-11-9-15/h6-7,12-15,19-20H,8-11H2,1-5H3. The van der Waals surface area contributed by atoms with E-state index in [1.165, 1.54) is 16.7 Å². The molecule has 0 bridgehead atoms. The number of nitrogens with one attached hydrogen (secondary N) is 1. The van der Waals surface area contributed by atoms with E-state index >= 15 is 0 Å². The molecule has 1 atom stereocenters. The van der Waals surface area contributed by atoms with Crippen molar-refractivity contribution in [3.8, 4) is 0 Å². The van der Waals surface area contributed by atoms with Crippen LogP contribution in [0.3, 0.4) is 0 Å². The van der Waals surface area contributed by atoms with Crippen LogP contribution in [0.5, 0.6) is 0 Å². The van der Waals surface area contributed by atoms with Gasteiger partial charge in [-0.3, -0.25) is 0 Å². The van der Waals surface area contributed by atoms with Gasteiger partial charge in [0.1, 0.15) is 0 Å². The smallest absolute Gasteiger partial charge is 0.0469 e. The topological polar surface area (TPSA) is 21.3 Å². The van der Waals surface area contributed by atoms with Crippen LogP contribution >= 0.6 is 0 Å². The molecule has 21 heavy (non-hydrogen) atoms. The van der Waals surface area contributed by atoms with Crippen molar-refractivity contribution in [3.63, 3.8) is 0 Å². The van der Waals surface area contributed by atoms with Crippen molar-refractivity contribution in [1.82, 2.24) is 5.32 Å². The van der Waals surface area contributed by atoms with Crippen LogP contribution in [0, 0.1) is 5.92 Å². The first-order chi connectivity index (χ1) is 10.0. The van der Waals surface area contributed by atoms with Crippen molar-refractivity contribution in [2.45, 2.75) is 58.4 Å². The van der Waals surface area contributed by atoms with Gasteiger partial charge in [-0.15, -0.1) is 0 Å². The van der Waals surface area contributed by atoms with Crippen molar-refractivity contribution in [3.05, 3.63) is 34.9 Å². The predicted octanol–water partition coefficient (Wildman–Crippen LogP) is 4.62. The third-order valence-electron chi connectivity index (χ3n) is 4.78. The van der Waals surface area contributed by atoms with Gasteiger partial charge >= 0.3 is 0 Å². The van der Waals surface area contributed by atoms with Crippen molar-refractivity contribution < 1.29 is 4.74 Å². The molecular weight excluding hydrogens is 258 g/mol. The molecule has 0 radical (unpaired) electrons. The Labute approximate surface area is 130 Å². The molecule has 2 rings (SSSR count). The summed E-state index contributed by atoms with van der Waals surface area (Å²) in [5.74, 6) is 1.84. The summed E-state index contributed by atoms with van der Waals surface area (Å²) in [6.45, 7) is 11.0. The van der Waals surface area contributed by atoms with Gasteiger partial charge in [-0.2, -0.15) is 0 Å². The minimum atomic E-state index is 0.451. The molecule has 1 aromatic rings. The maximum atomic E-state index is 5.53. The van der Waals surface area contributed by atoms with E-state index in [4.69, 9.17) is 4.74 Å². The van der Waals surface area contributed by atoms with Gasteiger partial charge in [-0.05, 0) is 54.3 Å². The third kappa shape index (κ3) is 3.87. The van der Waals surface area contributed by atoms with Crippen LogP contribution in [0.25, 0.3) is 0 Å². The van der Waals surface area contributed by atoms with Crippen LogP contribution in [0.1, 0.15) is 75.1 Å². The zero-order chi connectivity index (χ0) is 15.4. The molecule has 2 nitrogen and oxygen atoms in total. The number of ether oxygens (including phenoxy) is 1. The summed E-state index contributed by atoms with van der Waals surface area (Å²) in [6.07, 6.45) is 2.32. The van der Waals surface area contributed by atoms with E-state index in [2.05, 4.69) is 58.3 Å². The Morgan fingerprint density at radius 3 is 2.19 bits per heavy atom. The van der Waals surface area contributed by atoms with Gasteiger partial charge in [0.05, 0.1) is 0 Å². The predicted molar refractivity (Wildman–Crippen MR) is 90.0 cm³/mol. The van der Waals surface area contributed by atoms with Crippen LogP contribution in [-0.4, -0.2) is 20.3 Å². The van der Waals surface area contributed by atoms with E-state index in [1.807, 2.05) is 0 Å². The van der Waals surface area contributed by atoms with E-state index in [-0.39, 0.29) is 0 Å². The van der Waals surface area contributed by atoms with Gasteiger partial charge in [0, 0.05) is 19.3 Å². The van der Waals surface area contributed by atoms with Crippen molar-refractivity contribution in [1.29, 1.82) is 0 Å². The molecule has 1 N–H and O–H groups in total. The van der Waals surface area contributed by atoms with E-state index in [9.17, 15) is 0 Å². The van der Waals surface area contributed by atoms with Gasteiger partial charge in [0.25, 0.3) is 0 Å². The first-order valence-electron chi connectivity index (χ1n) is 8.43. The molecule has 1 aliphatic heterocycles. The lowest BCUT2D eigenvalue weighted by Gasteiger charge is -2.32. The molecule has 1 saturated heterocycles.